The number of benzene rings is 1. The molecule has 0 amide bonds. The SMILES string of the molecule is Cc1cc(F)c(F)c2c1CC(C#N)N2I. The number of fused-ring (bicyclic) bond motifs is 1. The molecule has 0 aromatic heterocycles. The van der Waals surface area contributed by atoms with E-state index in [-0.39, 0.29) is 5.69 Å². The van der Waals surface area contributed by atoms with Gasteiger partial charge in [-0.3, -0.25) is 3.11 Å². The Balaban J connectivity index is 2.65. The Morgan fingerprint density at radius 3 is 2.87 bits per heavy atom. The molecule has 1 aromatic rings. The normalized spacial score (nSPS) is 18.9. The average Bonchev–Trinajstić information content (AvgIpc) is 2.53. The lowest BCUT2D eigenvalue weighted by atomic mass is 10.0. The minimum absolute atomic E-state index is 0.222. The number of hydrogen-bond acceptors (Lipinski definition) is 2. The van der Waals surface area contributed by atoms with E-state index in [1.54, 1.807) is 6.92 Å². The summed E-state index contributed by atoms with van der Waals surface area (Å²) >= 11 is 1.85. The van der Waals surface area contributed by atoms with E-state index >= 15 is 0 Å². The molecule has 2 rings (SSSR count). The third kappa shape index (κ3) is 1.47. The molecule has 1 unspecified atom stereocenters. The zero-order valence-corrected chi connectivity index (χ0v) is 10.0. The first-order chi connectivity index (χ1) is 7.06. The number of halogens is 3. The van der Waals surface area contributed by atoms with Gasteiger partial charge in [0, 0.05) is 6.42 Å². The van der Waals surface area contributed by atoms with Gasteiger partial charge in [-0.25, -0.2) is 8.78 Å². The zero-order valence-electron chi connectivity index (χ0n) is 7.89. The van der Waals surface area contributed by atoms with Crippen LogP contribution in [0.2, 0.25) is 0 Å². The van der Waals surface area contributed by atoms with Crippen LogP contribution in [0.3, 0.4) is 0 Å². The summed E-state index contributed by atoms with van der Waals surface area (Å²) < 4.78 is 28.1. The zero-order chi connectivity index (χ0) is 11.2. The second kappa shape index (κ2) is 3.59. The van der Waals surface area contributed by atoms with E-state index in [0.717, 1.165) is 5.56 Å². The average molecular weight is 320 g/mol. The van der Waals surface area contributed by atoms with Crippen LogP contribution in [0.4, 0.5) is 14.5 Å². The van der Waals surface area contributed by atoms with Gasteiger partial charge in [0.1, 0.15) is 6.04 Å². The highest BCUT2D eigenvalue weighted by atomic mass is 127. The maximum atomic E-state index is 13.5. The summed E-state index contributed by atoms with van der Waals surface area (Å²) in [6.07, 6.45) is 0.456. The molecular weight excluding hydrogens is 313 g/mol. The van der Waals surface area contributed by atoms with Gasteiger partial charge in [-0.1, -0.05) is 0 Å². The van der Waals surface area contributed by atoms with Gasteiger partial charge in [0.05, 0.1) is 34.6 Å². The summed E-state index contributed by atoms with van der Waals surface area (Å²) in [6.45, 7) is 1.73. The van der Waals surface area contributed by atoms with Crippen molar-refractivity contribution in [3.63, 3.8) is 0 Å². The van der Waals surface area contributed by atoms with E-state index in [9.17, 15) is 8.78 Å². The van der Waals surface area contributed by atoms with Crippen LogP contribution in [0.15, 0.2) is 6.07 Å². The van der Waals surface area contributed by atoms with Crippen LogP contribution in [-0.2, 0) is 6.42 Å². The van der Waals surface area contributed by atoms with Crippen LogP contribution in [0.5, 0.6) is 0 Å². The number of aryl methyl sites for hydroxylation is 1. The van der Waals surface area contributed by atoms with Crippen LogP contribution in [0.25, 0.3) is 0 Å². The first-order valence-corrected chi connectivity index (χ1v) is 5.35. The lowest BCUT2D eigenvalue weighted by Gasteiger charge is -2.14. The molecule has 1 heterocycles. The fraction of sp³-hybridized carbons (Fsp3) is 0.300. The van der Waals surface area contributed by atoms with E-state index in [4.69, 9.17) is 5.26 Å². The van der Waals surface area contributed by atoms with Crippen LogP contribution in [0, 0.1) is 29.9 Å². The van der Waals surface area contributed by atoms with Gasteiger partial charge in [0.2, 0.25) is 0 Å². The van der Waals surface area contributed by atoms with E-state index < -0.39 is 17.7 Å². The molecule has 0 saturated heterocycles. The summed E-state index contributed by atoms with van der Waals surface area (Å²) in [5, 5.41) is 8.85. The van der Waals surface area contributed by atoms with Gasteiger partial charge in [-0.05, 0) is 24.1 Å². The second-order valence-electron chi connectivity index (χ2n) is 3.48. The van der Waals surface area contributed by atoms with Crippen molar-refractivity contribution in [3.8, 4) is 6.07 Å². The van der Waals surface area contributed by atoms with Gasteiger partial charge in [-0.15, -0.1) is 0 Å². The molecule has 1 aromatic carbocycles. The summed E-state index contributed by atoms with van der Waals surface area (Å²) in [5.74, 6) is -1.71. The minimum Gasteiger partial charge on any atom is -0.294 e. The van der Waals surface area contributed by atoms with Gasteiger partial charge < -0.3 is 0 Å². The van der Waals surface area contributed by atoms with Crippen molar-refractivity contribution in [3.05, 3.63) is 28.8 Å². The maximum Gasteiger partial charge on any atom is 0.183 e. The van der Waals surface area contributed by atoms with E-state index in [2.05, 4.69) is 6.07 Å². The fourth-order valence-electron chi connectivity index (χ4n) is 1.78. The molecule has 0 aliphatic carbocycles. The number of anilines is 1. The van der Waals surface area contributed by atoms with E-state index in [0.29, 0.717) is 12.0 Å². The highest BCUT2D eigenvalue weighted by Gasteiger charge is 2.33. The number of nitriles is 1. The molecule has 2 nitrogen and oxygen atoms in total. The summed E-state index contributed by atoms with van der Waals surface area (Å²) in [6, 6.07) is 2.84. The number of rotatable bonds is 0. The van der Waals surface area contributed by atoms with E-state index in [1.165, 1.54) is 9.18 Å². The molecule has 0 spiro atoms. The standard InChI is InChI=1S/C10H7F2IN2/c1-5-2-8(11)9(12)10-7(5)3-6(4-14)15(10)13/h2,6H,3H2,1H3. The van der Waals surface area contributed by atoms with Crippen molar-refractivity contribution in [2.45, 2.75) is 19.4 Å². The summed E-state index contributed by atoms with van der Waals surface area (Å²) in [5.41, 5.74) is 1.65. The van der Waals surface area contributed by atoms with Gasteiger partial charge in [0.15, 0.2) is 11.6 Å². The molecule has 1 aliphatic rings. The number of hydrogen-bond donors (Lipinski definition) is 0. The van der Waals surface area contributed by atoms with Crippen molar-refractivity contribution >= 4 is 28.6 Å². The summed E-state index contributed by atoms with van der Waals surface area (Å²) in [4.78, 5) is 0. The smallest absolute Gasteiger partial charge is 0.183 e. The third-order valence-corrected chi connectivity index (χ3v) is 3.71. The van der Waals surface area contributed by atoms with Crippen molar-refractivity contribution in [2.75, 3.05) is 3.11 Å². The Morgan fingerprint density at radius 2 is 2.27 bits per heavy atom. The Labute approximate surface area is 100.0 Å². The lowest BCUT2D eigenvalue weighted by molar-refractivity contribution is 0.509. The quantitative estimate of drug-likeness (QED) is 0.543. The predicted octanol–water partition coefficient (Wildman–Crippen LogP) is 2.88. The lowest BCUT2D eigenvalue weighted by Crippen LogP contribution is -2.20. The van der Waals surface area contributed by atoms with Crippen molar-refractivity contribution < 1.29 is 8.78 Å². The molecule has 0 N–H and O–H groups in total. The highest BCUT2D eigenvalue weighted by Crippen LogP contribution is 2.39. The Morgan fingerprint density at radius 1 is 1.60 bits per heavy atom. The topological polar surface area (TPSA) is 27.0 Å². The van der Waals surface area contributed by atoms with E-state index in [1.807, 2.05) is 22.9 Å². The largest absolute Gasteiger partial charge is 0.294 e. The fourth-order valence-corrected chi connectivity index (χ4v) is 2.60. The Bertz CT molecular complexity index is 467. The van der Waals surface area contributed by atoms with Crippen LogP contribution in [0.1, 0.15) is 11.1 Å². The molecule has 0 bridgehead atoms. The molecule has 0 saturated carbocycles. The first-order valence-electron chi connectivity index (χ1n) is 4.38. The van der Waals surface area contributed by atoms with Gasteiger partial charge in [-0.2, -0.15) is 5.26 Å². The maximum absolute atomic E-state index is 13.5. The molecule has 0 fully saturated rings. The predicted molar refractivity (Wildman–Crippen MR) is 60.7 cm³/mol. The van der Waals surface area contributed by atoms with Crippen LogP contribution < -0.4 is 3.11 Å². The van der Waals surface area contributed by atoms with Crippen molar-refractivity contribution in [2.24, 2.45) is 0 Å². The van der Waals surface area contributed by atoms with Crippen LogP contribution in [-0.4, -0.2) is 6.04 Å². The second-order valence-corrected chi connectivity index (χ2v) is 4.52. The first kappa shape index (κ1) is 10.6. The molecule has 78 valence electrons. The molecule has 1 aliphatic heterocycles. The van der Waals surface area contributed by atoms with Crippen LogP contribution >= 0.6 is 22.9 Å². The molecule has 15 heavy (non-hydrogen) atoms. The van der Waals surface area contributed by atoms with Gasteiger partial charge >= 0.3 is 0 Å². The monoisotopic (exact) mass is 320 g/mol. The van der Waals surface area contributed by atoms with Crippen molar-refractivity contribution in [1.29, 1.82) is 5.26 Å². The molecule has 1 atom stereocenters. The third-order valence-electron chi connectivity index (χ3n) is 2.56. The van der Waals surface area contributed by atoms with Crippen molar-refractivity contribution in [1.82, 2.24) is 0 Å². The minimum atomic E-state index is -0.859. The van der Waals surface area contributed by atoms with Gasteiger partial charge in [0.25, 0.3) is 0 Å². The Hall–Kier alpha value is -0.900. The highest BCUT2D eigenvalue weighted by molar-refractivity contribution is 14.1. The number of nitrogens with zero attached hydrogens (tertiary/aromatic N) is 2. The summed E-state index contributed by atoms with van der Waals surface area (Å²) in [7, 11) is 0. The molecule has 0 radical (unpaired) electrons. The Kier molecular flexibility index (Phi) is 2.54. The molecule has 5 heteroatoms. The molecular formula is C10H7F2IN2.